The third-order valence-electron chi connectivity index (χ3n) is 5.41. The Morgan fingerprint density at radius 3 is 2.56 bits per heavy atom. The van der Waals surface area contributed by atoms with Crippen LogP contribution in [0.3, 0.4) is 0 Å². The molecule has 8 heteroatoms. The first-order valence-electron chi connectivity index (χ1n) is 10.4. The van der Waals surface area contributed by atoms with Gasteiger partial charge in [0.2, 0.25) is 5.91 Å². The van der Waals surface area contributed by atoms with E-state index in [-0.39, 0.29) is 5.91 Å². The Kier molecular flexibility index (Phi) is 5.03. The fourth-order valence-electron chi connectivity index (χ4n) is 3.52. The molecule has 3 N–H and O–H groups in total. The van der Waals surface area contributed by atoms with Crippen molar-refractivity contribution in [1.29, 1.82) is 0 Å². The topological polar surface area (TPSA) is 107 Å². The molecule has 0 bridgehead atoms. The van der Waals surface area contributed by atoms with Crippen molar-refractivity contribution in [3.8, 4) is 28.1 Å². The van der Waals surface area contributed by atoms with Crippen molar-refractivity contribution in [3.63, 3.8) is 0 Å². The summed E-state index contributed by atoms with van der Waals surface area (Å²) in [5, 5.41) is 11.6. The molecule has 1 amide bonds. The summed E-state index contributed by atoms with van der Waals surface area (Å²) < 4.78 is 7.37. The Morgan fingerprint density at radius 1 is 1.16 bits per heavy atom. The zero-order chi connectivity index (χ0) is 22.1. The number of aromatic nitrogens is 4. The van der Waals surface area contributed by atoms with Crippen molar-refractivity contribution < 1.29 is 9.53 Å². The number of hydrogen-bond donors (Lipinski definition) is 2. The number of nitrogen functional groups attached to an aromatic ring is 1. The third-order valence-corrected chi connectivity index (χ3v) is 5.41. The maximum atomic E-state index is 11.6. The van der Waals surface area contributed by atoms with E-state index in [1.807, 2.05) is 48.5 Å². The van der Waals surface area contributed by atoms with E-state index in [9.17, 15) is 4.79 Å². The van der Waals surface area contributed by atoms with E-state index >= 15 is 0 Å². The molecule has 1 saturated carbocycles. The smallest absolute Gasteiger partial charge is 0.247 e. The Labute approximate surface area is 184 Å². The maximum absolute atomic E-state index is 11.6. The van der Waals surface area contributed by atoms with Crippen LogP contribution < -0.4 is 15.8 Å². The highest BCUT2D eigenvalue weighted by atomic mass is 16.5. The molecule has 2 heterocycles. The lowest BCUT2D eigenvalue weighted by Gasteiger charge is -2.08. The van der Waals surface area contributed by atoms with Gasteiger partial charge in [0.1, 0.15) is 23.3 Å². The molecule has 2 aromatic heterocycles. The van der Waals surface area contributed by atoms with Crippen LogP contribution in [0.2, 0.25) is 0 Å². The molecule has 2 aromatic carbocycles. The summed E-state index contributed by atoms with van der Waals surface area (Å²) in [6.45, 7) is 4.23. The van der Waals surface area contributed by atoms with Crippen molar-refractivity contribution in [2.24, 2.45) is 5.92 Å². The third kappa shape index (κ3) is 3.90. The summed E-state index contributed by atoms with van der Waals surface area (Å²) in [5.74, 6) is 1.61. The zero-order valence-electron chi connectivity index (χ0n) is 17.4. The number of nitrogens with two attached hydrogens (primary N) is 1. The highest BCUT2D eigenvalue weighted by Gasteiger charge is 2.22. The molecule has 0 saturated heterocycles. The van der Waals surface area contributed by atoms with Crippen molar-refractivity contribution >= 4 is 22.9 Å². The quantitative estimate of drug-likeness (QED) is 0.433. The van der Waals surface area contributed by atoms with Crippen LogP contribution in [0.25, 0.3) is 27.9 Å². The monoisotopic (exact) mass is 426 g/mol. The summed E-state index contributed by atoms with van der Waals surface area (Å²) in [5.41, 5.74) is 10.8. The van der Waals surface area contributed by atoms with Crippen LogP contribution in [0, 0.1) is 5.92 Å². The molecule has 0 atom stereocenters. The number of fused-ring (bicyclic) bond motifs is 1. The minimum atomic E-state index is -0.266. The van der Waals surface area contributed by atoms with Gasteiger partial charge in [0.25, 0.3) is 0 Å². The van der Waals surface area contributed by atoms with Gasteiger partial charge in [-0.3, -0.25) is 4.79 Å². The van der Waals surface area contributed by atoms with Crippen LogP contribution in [-0.2, 0) is 4.79 Å². The number of nitrogens with one attached hydrogen (secondary N) is 1. The molecule has 0 unspecified atom stereocenters. The predicted molar refractivity (Wildman–Crippen MR) is 123 cm³/mol. The van der Waals surface area contributed by atoms with Gasteiger partial charge in [-0.15, -0.1) is 14.8 Å². The van der Waals surface area contributed by atoms with Crippen molar-refractivity contribution in [1.82, 2.24) is 19.8 Å². The number of hydrogen-bond acceptors (Lipinski definition) is 6. The number of nitrogens with zero attached hydrogens (tertiary/aromatic N) is 4. The van der Waals surface area contributed by atoms with E-state index in [4.69, 9.17) is 10.5 Å². The lowest BCUT2D eigenvalue weighted by molar-refractivity contribution is -0.111. The van der Waals surface area contributed by atoms with Crippen molar-refractivity contribution in [2.75, 3.05) is 17.7 Å². The molecule has 160 valence electrons. The Bertz CT molecular complexity index is 1290. The zero-order valence-corrected chi connectivity index (χ0v) is 17.4. The van der Waals surface area contributed by atoms with Crippen molar-refractivity contribution in [3.05, 3.63) is 67.5 Å². The number of anilines is 2. The Morgan fingerprint density at radius 2 is 1.88 bits per heavy atom. The number of amides is 1. The maximum Gasteiger partial charge on any atom is 0.247 e. The number of benzene rings is 2. The van der Waals surface area contributed by atoms with E-state index in [0.29, 0.717) is 28.6 Å². The van der Waals surface area contributed by atoms with Gasteiger partial charge in [0.15, 0.2) is 5.82 Å². The number of ether oxygens (including phenoxy) is 1. The number of carbonyl (C=O) groups excluding carboxylic acids is 1. The molecule has 0 aliphatic heterocycles. The minimum absolute atomic E-state index is 0.266. The Balaban J connectivity index is 1.54. The molecular weight excluding hydrogens is 404 g/mol. The molecule has 8 nitrogen and oxygen atoms in total. The first kappa shape index (κ1) is 19.7. The number of carbonyl (C=O) groups is 1. The summed E-state index contributed by atoms with van der Waals surface area (Å²) in [6.07, 6.45) is 5.11. The average Bonchev–Trinajstić information content (AvgIpc) is 3.57. The van der Waals surface area contributed by atoms with Crippen molar-refractivity contribution in [2.45, 2.75) is 12.8 Å². The SMILES string of the molecule is C=CC(=O)Nc1ccc(-c2nn3ncnc(N)c3c2-c2ccc(OCC3CC3)cc2)cc1. The van der Waals surface area contributed by atoms with Gasteiger partial charge >= 0.3 is 0 Å². The average molecular weight is 426 g/mol. The standard InChI is InChI=1S/C24H22N6O2/c1-2-20(31)28-18-9-5-17(6-10-18)22-21(23-24(25)26-14-27-30(23)29-22)16-7-11-19(12-8-16)32-13-15-3-4-15/h2,5-12,14-15H,1,3-4,13H2,(H,28,31)(H2,25,26,27). The summed E-state index contributed by atoms with van der Waals surface area (Å²) in [7, 11) is 0. The molecular formula is C24H22N6O2. The lowest BCUT2D eigenvalue weighted by atomic mass is 9.99. The van der Waals surface area contributed by atoms with Gasteiger partial charge in [-0.1, -0.05) is 30.8 Å². The largest absolute Gasteiger partial charge is 0.493 e. The van der Waals surface area contributed by atoms with Gasteiger partial charge in [-0.2, -0.15) is 0 Å². The van der Waals surface area contributed by atoms with Gasteiger partial charge in [0, 0.05) is 16.8 Å². The fraction of sp³-hybridized carbons (Fsp3) is 0.167. The van der Waals surface area contributed by atoms with E-state index < -0.39 is 0 Å². The second kappa shape index (κ2) is 8.14. The van der Waals surface area contributed by atoms with E-state index in [0.717, 1.165) is 29.0 Å². The Hall–Kier alpha value is -4.20. The van der Waals surface area contributed by atoms with E-state index in [1.54, 1.807) is 0 Å². The highest BCUT2D eigenvalue weighted by Crippen LogP contribution is 2.37. The molecule has 4 aromatic rings. The normalized spacial score (nSPS) is 13.1. The summed E-state index contributed by atoms with van der Waals surface area (Å²) in [6, 6.07) is 15.3. The van der Waals surface area contributed by atoms with E-state index in [1.165, 1.54) is 29.9 Å². The molecule has 0 spiro atoms. The highest BCUT2D eigenvalue weighted by molar-refractivity contribution is 5.99. The van der Waals surface area contributed by atoms with Gasteiger partial charge in [-0.25, -0.2) is 4.98 Å². The fourth-order valence-corrected chi connectivity index (χ4v) is 3.52. The molecule has 1 aliphatic carbocycles. The summed E-state index contributed by atoms with van der Waals surface area (Å²) >= 11 is 0. The van der Waals surface area contributed by atoms with Crippen LogP contribution in [0.15, 0.2) is 67.5 Å². The predicted octanol–water partition coefficient (Wildman–Crippen LogP) is 3.95. The van der Waals surface area contributed by atoms with Gasteiger partial charge in [0.05, 0.1) is 6.61 Å². The molecule has 32 heavy (non-hydrogen) atoms. The lowest BCUT2D eigenvalue weighted by Crippen LogP contribution is -2.06. The molecule has 1 fully saturated rings. The first-order chi connectivity index (χ1) is 15.6. The van der Waals surface area contributed by atoms with Gasteiger partial charge < -0.3 is 15.8 Å². The molecule has 0 radical (unpaired) electrons. The van der Waals surface area contributed by atoms with Gasteiger partial charge in [-0.05, 0) is 54.7 Å². The van der Waals surface area contributed by atoms with Crippen LogP contribution in [-0.4, -0.2) is 32.3 Å². The summed E-state index contributed by atoms with van der Waals surface area (Å²) in [4.78, 5) is 15.7. The van der Waals surface area contributed by atoms with Crippen LogP contribution >= 0.6 is 0 Å². The van der Waals surface area contributed by atoms with Crippen LogP contribution in [0.1, 0.15) is 12.8 Å². The van der Waals surface area contributed by atoms with Crippen LogP contribution in [0.4, 0.5) is 11.5 Å². The van der Waals surface area contributed by atoms with Crippen LogP contribution in [0.5, 0.6) is 5.75 Å². The van der Waals surface area contributed by atoms with E-state index in [2.05, 4.69) is 27.1 Å². The molecule has 5 rings (SSSR count). The second-order valence-corrected chi connectivity index (χ2v) is 7.76. The first-order valence-corrected chi connectivity index (χ1v) is 10.4. The minimum Gasteiger partial charge on any atom is -0.493 e. The second-order valence-electron chi connectivity index (χ2n) is 7.76. The molecule has 1 aliphatic rings. The number of rotatable bonds is 7.